The van der Waals surface area contributed by atoms with E-state index in [2.05, 4.69) is 10.5 Å². The molecule has 0 bridgehead atoms. The van der Waals surface area contributed by atoms with Gasteiger partial charge in [0.15, 0.2) is 5.76 Å². The summed E-state index contributed by atoms with van der Waals surface area (Å²) in [6, 6.07) is 6.25. The fourth-order valence-electron chi connectivity index (χ4n) is 1.87. The molecule has 0 amide bonds. The van der Waals surface area contributed by atoms with Gasteiger partial charge in [-0.05, 0) is 24.7 Å². The van der Waals surface area contributed by atoms with Gasteiger partial charge in [0.2, 0.25) is 0 Å². The van der Waals surface area contributed by atoms with Crippen LogP contribution in [0.15, 0.2) is 28.8 Å². The molecule has 1 aromatic carbocycles. The first-order valence-electron chi connectivity index (χ1n) is 6.78. The largest absolute Gasteiger partial charge is 0.487 e. The zero-order chi connectivity index (χ0) is 15.1. The van der Waals surface area contributed by atoms with Gasteiger partial charge in [-0.25, -0.2) is 4.39 Å². The second-order valence-electron chi connectivity index (χ2n) is 4.54. The molecule has 2 aromatic rings. The van der Waals surface area contributed by atoms with Crippen molar-refractivity contribution in [2.75, 3.05) is 13.7 Å². The Morgan fingerprint density at radius 3 is 2.90 bits per heavy atom. The summed E-state index contributed by atoms with van der Waals surface area (Å²) < 4.78 is 29.0. The lowest BCUT2D eigenvalue weighted by atomic mass is 10.2. The summed E-state index contributed by atoms with van der Waals surface area (Å²) in [5, 5.41) is 7.04. The standard InChI is InChI=1S/C15H19FN2O3/c1-3-17-8-11-6-12(16)4-5-15(11)20-9-13-7-14(10-19-2)21-18-13/h4-7,17H,3,8-10H2,1-2H3. The van der Waals surface area contributed by atoms with Crippen molar-refractivity contribution in [3.63, 3.8) is 0 Å². The average molecular weight is 294 g/mol. The Balaban J connectivity index is 2.00. The van der Waals surface area contributed by atoms with E-state index in [1.807, 2.05) is 6.92 Å². The summed E-state index contributed by atoms with van der Waals surface area (Å²) in [7, 11) is 1.59. The molecule has 0 saturated heterocycles. The fourth-order valence-corrected chi connectivity index (χ4v) is 1.87. The summed E-state index contributed by atoms with van der Waals surface area (Å²) in [4.78, 5) is 0. The minimum Gasteiger partial charge on any atom is -0.487 e. The van der Waals surface area contributed by atoms with E-state index in [9.17, 15) is 4.39 Å². The minimum absolute atomic E-state index is 0.262. The molecule has 0 fully saturated rings. The van der Waals surface area contributed by atoms with Crippen molar-refractivity contribution >= 4 is 0 Å². The average Bonchev–Trinajstić information content (AvgIpc) is 2.92. The number of hydrogen-bond donors (Lipinski definition) is 1. The van der Waals surface area contributed by atoms with Gasteiger partial charge >= 0.3 is 0 Å². The van der Waals surface area contributed by atoms with Crippen LogP contribution >= 0.6 is 0 Å². The molecule has 1 N–H and O–H groups in total. The molecule has 1 aromatic heterocycles. The summed E-state index contributed by atoms with van der Waals surface area (Å²) in [5.74, 6) is 0.996. The van der Waals surface area contributed by atoms with Gasteiger partial charge in [0, 0.05) is 25.3 Å². The SMILES string of the molecule is CCNCc1cc(F)ccc1OCc1cc(COC)on1. The van der Waals surface area contributed by atoms with Gasteiger partial charge in [-0.2, -0.15) is 0 Å². The number of hydrogen-bond acceptors (Lipinski definition) is 5. The van der Waals surface area contributed by atoms with Crippen molar-refractivity contribution in [2.45, 2.75) is 26.7 Å². The van der Waals surface area contributed by atoms with Crippen LogP contribution in [0.3, 0.4) is 0 Å². The van der Waals surface area contributed by atoms with E-state index in [0.717, 1.165) is 12.1 Å². The summed E-state index contributed by atoms with van der Waals surface area (Å²) in [5.41, 5.74) is 1.44. The molecular formula is C15H19FN2O3. The van der Waals surface area contributed by atoms with Crippen molar-refractivity contribution in [3.8, 4) is 5.75 Å². The first kappa shape index (κ1) is 15.5. The highest BCUT2D eigenvalue weighted by Gasteiger charge is 2.08. The molecule has 0 spiro atoms. The third kappa shape index (κ3) is 4.54. The second-order valence-corrected chi connectivity index (χ2v) is 4.54. The monoisotopic (exact) mass is 294 g/mol. The third-order valence-corrected chi connectivity index (χ3v) is 2.86. The predicted molar refractivity (Wildman–Crippen MR) is 75.3 cm³/mol. The Morgan fingerprint density at radius 1 is 1.29 bits per heavy atom. The first-order valence-corrected chi connectivity index (χ1v) is 6.78. The molecule has 21 heavy (non-hydrogen) atoms. The van der Waals surface area contributed by atoms with Gasteiger partial charge in [0.25, 0.3) is 0 Å². The van der Waals surface area contributed by atoms with E-state index in [-0.39, 0.29) is 12.4 Å². The normalized spacial score (nSPS) is 10.8. The van der Waals surface area contributed by atoms with Crippen molar-refractivity contribution in [1.29, 1.82) is 0 Å². The molecule has 1 heterocycles. The zero-order valence-electron chi connectivity index (χ0n) is 12.2. The van der Waals surface area contributed by atoms with Gasteiger partial charge in [-0.15, -0.1) is 0 Å². The van der Waals surface area contributed by atoms with Crippen molar-refractivity contribution in [3.05, 3.63) is 47.1 Å². The first-order chi connectivity index (χ1) is 10.2. The van der Waals surface area contributed by atoms with Crippen LogP contribution < -0.4 is 10.1 Å². The maximum Gasteiger partial charge on any atom is 0.162 e. The Bertz CT molecular complexity index is 572. The van der Waals surface area contributed by atoms with Crippen LogP contribution in [0, 0.1) is 5.82 Å². The maximum absolute atomic E-state index is 13.3. The molecule has 5 nitrogen and oxygen atoms in total. The van der Waals surface area contributed by atoms with E-state index in [1.165, 1.54) is 12.1 Å². The van der Waals surface area contributed by atoms with Crippen LogP contribution in [0.5, 0.6) is 5.75 Å². The number of ether oxygens (including phenoxy) is 2. The Labute approximate surface area is 123 Å². The number of halogens is 1. The maximum atomic E-state index is 13.3. The lowest BCUT2D eigenvalue weighted by Gasteiger charge is -2.11. The van der Waals surface area contributed by atoms with Crippen molar-refractivity contribution in [1.82, 2.24) is 10.5 Å². The lowest BCUT2D eigenvalue weighted by Crippen LogP contribution is -2.13. The molecule has 2 rings (SSSR count). The van der Waals surface area contributed by atoms with Gasteiger partial charge in [0.1, 0.15) is 30.5 Å². The zero-order valence-corrected chi connectivity index (χ0v) is 12.2. The number of benzene rings is 1. The number of methoxy groups -OCH3 is 1. The molecule has 0 unspecified atom stereocenters. The third-order valence-electron chi connectivity index (χ3n) is 2.86. The highest BCUT2D eigenvalue weighted by Crippen LogP contribution is 2.21. The smallest absolute Gasteiger partial charge is 0.162 e. The van der Waals surface area contributed by atoms with Crippen molar-refractivity contribution < 1.29 is 18.4 Å². The van der Waals surface area contributed by atoms with Crippen LogP contribution in [0.25, 0.3) is 0 Å². The highest BCUT2D eigenvalue weighted by atomic mass is 19.1. The number of nitrogens with one attached hydrogen (secondary N) is 1. The van der Waals surface area contributed by atoms with Crippen LogP contribution in [0.1, 0.15) is 23.9 Å². The predicted octanol–water partition coefficient (Wildman–Crippen LogP) is 2.65. The molecule has 0 aliphatic carbocycles. The van der Waals surface area contributed by atoms with Crippen LogP contribution in [0.4, 0.5) is 4.39 Å². The van der Waals surface area contributed by atoms with Crippen LogP contribution in [-0.2, 0) is 24.5 Å². The Hall–Kier alpha value is -1.92. The minimum atomic E-state index is -0.279. The van der Waals surface area contributed by atoms with E-state index in [4.69, 9.17) is 14.0 Å². The molecule has 0 aliphatic heterocycles. The molecule has 0 atom stereocenters. The Kier molecular flexibility index (Phi) is 5.71. The molecule has 0 radical (unpaired) electrons. The molecule has 6 heteroatoms. The molecule has 0 saturated carbocycles. The lowest BCUT2D eigenvalue weighted by molar-refractivity contribution is 0.155. The van der Waals surface area contributed by atoms with Crippen LogP contribution in [0.2, 0.25) is 0 Å². The van der Waals surface area contributed by atoms with Gasteiger partial charge in [-0.1, -0.05) is 12.1 Å². The highest BCUT2D eigenvalue weighted by molar-refractivity contribution is 5.34. The van der Waals surface area contributed by atoms with E-state index in [1.54, 1.807) is 19.2 Å². The van der Waals surface area contributed by atoms with E-state index in [0.29, 0.717) is 30.4 Å². The summed E-state index contributed by atoms with van der Waals surface area (Å²) >= 11 is 0. The molecular weight excluding hydrogens is 275 g/mol. The van der Waals surface area contributed by atoms with Crippen molar-refractivity contribution in [2.24, 2.45) is 0 Å². The van der Waals surface area contributed by atoms with Gasteiger partial charge < -0.3 is 19.3 Å². The Morgan fingerprint density at radius 2 is 2.14 bits per heavy atom. The molecule has 114 valence electrons. The quantitative estimate of drug-likeness (QED) is 0.811. The van der Waals surface area contributed by atoms with Crippen LogP contribution in [-0.4, -0.2) is 18.8 Å². The second kappa shape index (κ2) is 7.75. The van der Waals surface area contributed by atoms with E-state index >= 15 is 0 Å². The fraction of sp³-hybridized carbons (Fsp3) is 0.400. The topological polar surface area (TPSA) is 56.5 Å². The summed E-state index contributed by atoms with van der Waals surface area (Å²) in [6.45, 7) is 3.98. The summed E-state index contributed by atoms with van der Waals surface area (Å²) in [6.07, 6.45) is 0. The van der Waals surface area contributed by atoms with E-state index < -0.39 is 0 Å². The van der Waals surface area contributed by atoms with Gasteiger partial charge in [0.05, 0.1) is 0 Å². The number of aromatic nitrogens is 1. The number of nitrogens with zero attached hydrogens (tertiary/aromatic N) is 1. The number of rotatable bonds is 8. The molecule has 0 aliphatic rings. The van der Waals surface area contributed by atoms with Gasteiger partial charge in [-0.3, -0.25) is 0 Å².